The second-order valence-corrected chi connectivity index (χ2v) is 5.98. The van der Waals surface area contributed by atoms with E-state index in [0.717, 1.165) is 30.8 Å². The third-order valence-corrected chi connectivity index (χ3v) is 4.44. The van der Waals surface area contributed by atoms with Gasteiger partial charge in [-0.15, -0.1) is 0 Å². The topological polar surface area (TPSA) is 51.9 Å². The highest BCUT2D eigenvalue weighted by Gasteiger charge is 2.45. The van der Waals surface area contributed by atoms with Gasteiger partial charge in [-0.25, -0.2) is 0 Å². The van der Waals surface area contributed by atoms with Crippen LogP contribution in [-0.2, 0) is 20.8 Å². The molecule has 1 aromatic rings. The number of hydrogen-bond donors (Lipinski definition) is 0. The van der Waals surface area contributed by atoms with Gasteiger partial charge in [0.25, 0.3) is 0 Å². The van der Waals surface area contributed by atoms with Crippen LogP contribution in [0.3, 0.4) is 0 Å². The van der Waals surface area contributed by atoms with E-state index < -0.39 is 0 Å². The standard InChI is InChI=1S/C16H23NO4/c1-11-3-4-13(20-11)10-17(7-8-19-2)16(18)14-9-12-5-6-15(14)21-12/h3-4,12,14-15H,5-10H2,1-2H3/t12-,14+,15-/m1/s1. The Kier molecular flexibility index (Phi) is 4.31. The average molecular weight is 293 g/mol. The number of methoxy groups -OCH3 is 1. The molecule has 1 amide bonds. The Morgan fingerprint density at radius 2 is 2.29 bits per heavy atom. The van der Waals surface area contributed by atoms with Gasteiger partial charge in [0.15, 0.2) is 0 Å². The maximum absolute atomic E-state index is 12.8. The van der Waals surface area contributed by atoms with Crippen LogP contribution in [0.5, 0.6) is 0 Å². The van der Waals surface area contributed by atoms with Gasteiger partial charge >= 0.3 is 0 Å². The van der Waals surface area contributed by atoms with Crippen molar-refractivity contribution in [2.45, 2.75) is 44.9 Å². The van der Waals surface area contributed by atoms with Crippen LogP contribution in [-0.4, -0.2) is 43.3 Å². The van der Waals surface area contributed by atoms with E-state index in [0.29, 0.717) is 25.8 Å². The molecular formula is C16H23NO4. The Labute approximate surface area is 125 Å². The molecule has 0 spiro atoms. The molecule has 2 saturated heterocycles. The monoisotopic (exact) mass is 293 g/mol. The molecule has 21 heavy (non-hydrogen) atoms. The average Bonchev–Trinajstić information content (AvgIpc) is 3.19. The van der Waals surface area contributed by atoms with Crippen molar-refractivity contribution in [2.24, 2.45) is 5.92 Å². The minimum atomic E-state index is 0.0108. The van der Waals surface area contributed by atoms with Gasteiger partial charge in [0, 0.05) is 13.7 Å². The van der Waals surface area contributed by atoms with Crippen molar-refractivity contribution < 1.29 is 18.7 Å². The Balaban J connectivity index is 1.67. The highest BCUT2D eigenvalue weighted by Crippen LogP contribution is 2.39. The summed E-state index contributed by atoms with van der Waals surface area (Å²) in [6.07, 6.45) is 3.39. The fourth-order valence-electron chi connectivity index (χ4n) is 3.36. The van der Waals surface area contributed by atoms with E-state index in [9.17, 15) is 4.79 Å². The van der Waals surface area contributed by atoms with E-state index >= 15 is 0 Å². The fraction of sp³-hybridized carbons (Fsp3) is 0.688. The fourth-order valence-corrected chi connectivity index (χ4v) is 3.36. The van der Waals surface area contributed by atoms with Crippen LogP contribution >= 0.6 is 0 Å². The van der Waals surface area contributed by atoms with Crippen LogP contribution in [0, 0.1) is 12.8 Å². The zero-order valence-corrected chi connectivity index (χ0v) is 12.7. The SMILES string of the molecule is COCCN(Cc1ccc(C)o1)C(=O)[C@H]1C[C@H]2CC[C@H]1O2. The summed E-state index contributed by atoms with van der Waals surface area (Å²) in [6, 6.07) is 3.86. The van der Waals surface area contributed by atoms with Crippen LogP contribution in [0.15, 0.2) is 16.5 Å². The van der Waals surface area contributed by atoms with Crippen molar-refractivity contribution in [3.05, 3.63) is 23.7 Å². The van der Waals surface area contributed by atoms with Crippen molar-refractivity contribution in [3.8, 4) is 0 Å². The molecule has 3 atom stereocenters. The summed E-state index contributed by atoms with van der Waals surface area (Å²) >= 11 is 0. The van der Waals surface area contributed by atoms with Gasteiger partial charge in [0.1, 0.15) is 11.5 Å². The van der Waals surface area contributed by atoms with Gasteiger partial charge in [0.05, 0.1) is 31.3 Å². The number of fused-ring (bicyclic) bond motifs is 2. The van der Waals surface area contributed by atoms with E-state index in [1.807, 2.05) is 24.0 Å². The lowest BCUT2D eigenvalue weighted by molar-refractivity contribution is -0.138. The molecule has 0 aromatic carbocycles. The van der Waals surface area contributed by atoms with E-state index in [1.165, 1.54) is 0 Å². The van der Waals surface area contributed by atoms with Gasteiger partial charge in [0.2, 0.25) is 5.91 Å². The summed E-state index contributed by atoms with van der Waals surface area (Å²) < 4.78 is 16.5. The molecule has 2 bridgehead atoms. The van der Waals surface area contributed by atoms with Crippen molar-refractivity contribution in [1.29, 1.82) is 0 Å². The van der Waals surface area contributed by atoms with Crippen LogP contribution in [0.1, 0.15) is 30.8 Å². The molecule has 0 unspecified atom stereocenters. The van der Waals surface area contributed by atoms with E-state index in [2.05, 4.69) is 0 Å². The Hall–Kier alpha value is -1.33. The summed E-state index contributed by atoms with van der Waals surface area (Å²) in [5.41, 5.74) is 0. The van der Waals surface area contributed by atoms with Crippen molar-refractivity contribution in [3.63, 3.8) is 0 Å². The molecule has 0 N–H and O–H groups in total. The smallest absolute Gasteiger partial charge is 0.228 e. The number of amides is 1. The Morgan fingerprint density at radius 1 is 1.43 bits per heavy atom. The number of carbonyl (C=O) groups excluding carboxylic acids is 1. The van der Waals surface area contributed by atoms with Crippen molar-refractivity contribution >= 4 is 5.91 Å². The molecule has 5 nitrogen and oxygen atoms in total. The van der Waals surface area contributed by atoms with Gasteiger partial charge in [-0.1, -0.05) is 0 Å². The third-order valence-electron chi connectivity index (χ3n) is 4.44. The summed E-state index contributed by atoms with van der Waals surface area (Å²) in [6.45, 7) is 3.54. The number of ether oxygens (including phenoxy) is 2. The molecule has 3 heterocycles. The molecule has 0 radical (unpaired) electrons. The van der Waals surface area contributed by atoms with E-state index in [4.69, 9.17) is 13.9 Å². The molecule has 0 aliphatic carbocycles. The van der Waals surface area contributed by atoms with Gasteiger partial charge in [-0.3, -0.25) is 4.79 Å². The first-order valence-electron chi connectivity index (χ1n) is 7.66. The molecule has 116 valence electrons. The van der Waals surface area contributed by atoms with Gasteiger partial charge in [-0.05, 0) is 38.3 Å². The first kappa shape index (κ1) is 14.6. The second kappa shape index (κ2) is 6.20. The summed E-state index contributed by atoms with van der Waals surface area (Å²) in [5, 5.41) is 0. The largest absolute Gasteiger partial charge is 0.464 e. The van der Waals surface area contributed by atoms with Crippen LogP contribution in [0.4, 0.5) is 0 Å². The van der Waals surface area contributed by atoms with Crippen LogP contribution in [0.2, 0.25) is 0 Å². The maximum Gasteiger partial charge on any atom is 0.228 e. The Morgan fingerprint density at radius 3 is 2.86 bits per heavy atom. The highest BCUT2D eigenvalue weighted by molar-refractivity contribution is 5.80. The molecule has 2 aliphatic heterocycles. The van der Waals surface area contributed by atoms with Crippen LogP contribution < -0.4 is 0 Å². The predicted octanol–water partition coefficient (Wildman–Crippen LogP) is 2.13. The zero-order valence-electron chi connectivity index (χ0n) is 12.7. The number of carbonyl (C=O) groups is 1. The molecule has 2 aliphatic rings. The van der Waals surface area contributed by atoms with E-state index in [1.54, 1.807) is 7.11 Å². The second-order valence-electron chi connectivity index (χ2n) is 5.98. The summed E-state index contributed by atoms with van der Waals surface area (Å²) in [5.74, 6) is 1.87. The van der Waals surface area contributed by atoms with Crippen LogP contribution in [0.25, 0.3) is 0 Å². The van der Waals surface area contributed by atoms with Crippen molar-refractivity contribution in [1.82, 2.24) is 4.90 Å². The first-order valence-corrected chi connectivity index (χ1v) is 7.66. The van der Waals surface area contributed by atoms with Gasteiger partial charge < -0.3 is 18.8 Å². The van der Waals surface area contributed by atoms with Gasteiger partial charge in [-0.2, -0.15) is 0 Å². The lowest BCUT2D eigenvalue weighted by Gasteiger charge is -2.27. The molecule has 3 rings (SSSR count). The lowest BCUT2D eigenvalue weighted by Crippen LogP contribution is -2.41. The normalized spacial score (nSPS) is 27.2. The molecule has 0 saturated carbocycles. The number of rotatable bonds is 6. The zero-order chi connectivity index (χ0) is 14.8. The molecule has 1 aromatic heterocycles. The van der Waals surface area contributed by atoms with E-state index in [-0.39, 0.29) is 17.9 Å². The Bertz CT molecular complexity index is 498. The molecule has 2 fully saturated rings. The number of nitrogens with zero attached hydrogens (tertiary/aromatic N) is 1. The lowest BCUT2D eigenvalue weighted by atomic mass is 9.88. The number of hydrogen-bond acceptors (Lipinski definition) is 4. The number of furan rings is 1. The number of aryl methyl sites for hydroxylation is 1. The first-order chi connectivity index (χ1) is 10.2. The summed E-state index contributed by atoms with van der Waals surface area (Å²) in [7, 11) is 1.65. The predicted molar refractivity (Wildman–Crippen MR) is 76.7 cm³/mol. The summed E-state index contributed by atoms with van der Waals surface area (Å²) in [4.78, 5) is 14.6. The minimum absolute atomic E-state index is 0.0108. The molecule has 5 heteroatoms. The third kappa shape index (κ3) is 3.14. The maximum atomic E-state index is 12.8. The quantitative estimate of drug-likeness (QED) is 0.806. The molecular weight excluding hydrogens is 270 g/mol. The highest BCUT2D eigenvalue weighted by atomic mass is 16.5. The minimum Gasteiger partial charge on any atom is -0.464 e. The van der Waals surface area contributed by atoms with Crippen molar-refractivity contribution in [2.75, 3.05) is 20.3 Å².